The SMILES string of the molecule is CN(Cc1c[nH]c2ncccc12)C1CCCNC1. The summed E-state index contributed by atoms with van der Waals surface area (Å²) in [4.78, 5) is 10.0. The van der Waals surface area contributed by atoms with Crippen LogP contribution >= 0.6 is 0 Å². The monoisotopic (exact) mass is 244 g/mol. The zero-order chi connectivity index (χ0) is 12.4. The van der Waals surface area contributed by atoms with E-state index >= 15 is 0 Å². The van der Waals surface area contributed by atoms with Crippen molar-refractivity contribution in [2.24, 2.45) is 0 Å². The number of hydrogen-bond donors (Lipinski definition) is 2. The first-order valence-corrected chi connectivity index (χ1v) is 6.66. The molecule has 4 heteroatoms. The highest BCUT2D eigenvalue weighted by Crippen LogP contribution is 2.19. The van der Waals surface area contributed by atoms with Crippen molar-refractivity contribution in [3.8, 4) is 0 Å². The van der Waals surface area contributed by atoms with Gasteiger partial charge in [0.25, 0.3) is 0 Å². The van der Waals surface area contributed by atoms with Crippen LogP contribution in [0.15, 0.2) is 24.5 Å². The second-order valence-corrected chi connectivity index (χ2v) is 5.13. The van der Waals surface area contributed by atoms with Crippen molar-refractivity contribution < 1.29 is 0 Å². The van der Waals surface area contributed by atoms with Crippen LogP contribution in [0, 0.1) is 0 Å². The van der Waals surface area contributed by atoms with Crippen molar-refractivity contribution in [1.29, 1.82) is 0 Å². The van der Waals surface area contributed by atoms with Crippen LogP contribution in [0.3, 0.4) is 0 Å². The summed E-state index contributed by atoms with van der Waals surface area (Å²) in [6, 6.07) is 4.79. The van der Waals surface area contributed by atoms with E-state index in [4.69, 9.17) is 0 Å². The molecule has 2 aromatic rings. The fourth-order valence-corrected chi connectivity index (χ4v) is 2.75. The Morgan fingerprint density at radius 3 is 3.28 bits per heavy atom. The number of piperidine rings is 1. The molecule has 1 aliphatic rings. The molecule has 1 atom stereocenters. The normalized spacial score (nSPS) is 20.7. The highest BCUT2D eigenvalue weighted by Gasteiger charge is 2.18. The fraction of sp³-hybridized carbons (Fsp3) is 0.500. The summed E-state index contributed by atoms with van der Waals surface area (Å²) < 4.78 is 0. The zero-order valence-corrected chi connectivity index (χ0v) is 10.8. The number of H-pyrrole nitrogens is 1. The van der Waals surface area contributed by atoms with Gasteiger partial charge in [0.1, 0.15) is 5.65 Å². The Morgan fingerprint density at radius 2 is 2.44 bits per heavy atom. The predicted molar refractivity (Wildman–Crippen MR) is 73.5 cm³/mol. The second kappa shape index (κ2) is 5.08. The smallest absolute Gasteiger partial charge is 0.137 e. The van der Waals surface area contributed by atoms with Crippen molar-refractivity contribution in [2.75, 3.05) is 20.1 Å². The number of aromatic amines is 1. The topological polar surface area (TPSA) is 44.0 Å². The van der Waals surface area contributed by atoms with Gasteiger partial charge in [-0.2, -0.15) is 0 Å². The highest BCUT2D eigenvalue weighted by atomic mass is 15.2. The number of fused-ring (bicyclic) bond motifs is 1. The molecule has 1 aliphatic heterocycles. The lowest BCUT2D eigenvalue weighted by Crippen LogP contribution is -2.43. The molecule has 1 saturated heterocycles. The Hall–Kier alpha value is -1.39. The summed E-state index contributed by atoms with van der Waals surface area (Å²) in [7, 11) is 2.22. The van der Waals surface area contributed by atoms with Crippen molar-refractivity contribution in [1.82, 2.24) is 20.2 Å². The van der Waals surface area contributed by atoms with Gasteiger partial charge in [-0.25, -0.2) is 4.98 Å². The molecular formula is C14H20N4. The third kappa shape index (κ3) is 2.26. The molecule has 3 heterocycles. The van der Waals surface area contributed by atoms with Gasteiger partial charge in [0.05, 0.1) is 0 Å². The van der Waals surface area contributed by atoms with Gasteiger partial charge in [0, 0.05) is 36.9 Å². The summed E-state index contributed by atoms with van der Waals surface area (Å²) in [5.41, 5.74) is 2.33. The van der Waals surface area contributed by atoms with Crippen molar-refractivity contribution in [2.45, 2.75) is 25.4 Å². The van der Waals surface area contributed by atoms with E-state index in [0.717, 1.165) is 18.7 Å². The van der Waals surface area contributed by atoms with Crippen molar-refractivity contribution in [3.63, 3.8) is 0 Å². The summed E-state index contributed by atoms with van der Waals surface area (Å²) >= 11 is 0. The minimum atomic E-state index is 0.653. The summed E-state index contributed by atoms with van der Waals surface area (Å²) in [6.45, 7) is 3.26. The van der Waals surface area contributed by atoms with E-state index in [1.165, 1.54) is 30.3 Å². The Balaban J connectivity index is 1.75. The molecule has 0 aromatic carbocycles. The van der Waals surface area contributed by atoms with Gasteiger partial charge in [-0.3, -0.25) is 4.90 Å². The summed E-state index contributed by atoms with van der Waals surface area (Å²) in [5, 5.41) is 4.71. The second-order valence-electron chi connectivity index (χ2n) is 5.13. The molecule has 4 nitrogen and oxygen atoms in total. The molecule has 1 fully saturated rings. The number of likely N-dealkylation sites (N-methyl/N-ethyl adjacent to an activating group) is 1. The summed E-state index contributed by atoms with van der Waals surface area (Å²) in [5.74, 6) is 0. The van der Waals surface area contributed by atoms with E-state index in [1.807, 2.05) is 12.3 Å². The quantitative estimate of drug-likeness (QED) is 0.864. The number of nitrogens with zero attached hydrogens (tertiary/aromatic N) is 2. The van der Waals surface area contributed by atoms with Gasteiger partial charge in [-0.05, 0) is 44.1 Å². The molecule has 0 aliphatic carbocycles. The highest BCUT2D eigenvalue weighted by molar-refractivity contribution is 5.79. The molecule has 0 spiro atoms. The molecule has 0 bridgehead atoms. The molecule has 3 rings (SSSR count). The average molecular weight is 244 g/mol. The van der Waals surface area contributed by atoms with Crippen LogP contribution in [-0.2, 0) is 6.54 Å². The number of rotatable bonds is 3. The standard InChI is InChI=1S/C14H20N4/c1-18(12-4-2-6-15-9-12)10-11-8-17-14-13(11)5-3-7-16-14/h3,5,7-8,12,15H,2,4,6,9-10H2,1H3,(H,16,17). The minimum Gasteiger partial charge on any atom is -0.346 e. The maximum atomic E-state index is 4.34. The molecule has 96 valence electrons. The van der Waals surface area contributed by atoms with E-state index in [-0.39, 0.29) is 0 Å². The van der Waals surface area contributed by atoms with Crippen LogP contribution < -0.4 is 5.32 Å². The zero-order valence-electron chi connectivity index (χ0n) is 10.8. The Kier molecular flexibility index (Phi) is 3.30. The van der Waals surface area contributed by atoms with E-state index in [9.17, 15) is 0 Å². The molecule has 2 N–H and O–H groups in total. The van der Waals surface area contributed by atoms with Gasteiger partial charge in [0.15, 0.2) is 0 Å². The van der Waals surface area contributed by atoms with Gasteiger partial charge in [0.2, 0.25) is 0 Å². The van der Waals surface area contributed by atoms with E-state index in [2.05, 4.69) is 39.5 Å². The first kappa shape index (κ1) is 11.7. The number of pyridine rings is 1. The van der Waals surface area contributed by atoms with Gasteiger partial charge in [-0.15, -0.1) is 0 Å². The summed E-state index contributed by atoms with van der Waals surface area (Å²) in [6.07, 6.45) is 6.50. The van der Waals surface area contributed by atoms with Gasteiger partial charge < -0.3 is 10.3 Å². The minimum absolute atomic E-state index is 0.653. The largest absolute Gasteiger partial charge is 0.346 e. The van der Waals surface area contributed by atoms with Crippen LogP contribution in [0.4, 0.5) is 0 Å². The lowest BCUT2D eigenvalue weighted by molar-refractivity contribution is 0.196. The lowest BCUT2D eigenvalue weighted by Gasteiger charge is -2.31. The van der Waals surface area contributed by atoms with Crippen molar-refractivity contribution >= 4 is 11.0 Å². The number of nitrogens with one attached hydrogen (secondary N) is 2. The van der Waals surface area contributed by atoms with E-state index in [1.54, 1.807) is 0 Å². The maximum Gasteiger partial charge on any atom is 0.137 e. The first-order chi connectivity index (χ1) is 8.84. The molecule has 18 heavy (non-hydrogen) atoms. The van der Waals surface area contributed by atoms with Crippen LogP contribution in [0.25, 0.3) is 11.0 Å². The molecule has 0 amide bonds. The fourth-order valence-electron chi connectivity index (χ4n) is 2.75. The third-order valence-electron chi connectivity index (χ3n) is 3.85. The first-order valence-electron chi connectivity index (χ1n) is 6.66. The Bertz CT molecular complexity index is 513. The van der Waals surface area contributed by atoms with E-state index in [0.29, 0.717) is 6.04 Å². The Morgan fingerprint density at radius 1 is 1.50 bits per heavy atom. The van der Waals surface area contributed by atoms with Crippen LogP contribution in [0.1, 0.15) is 18.4 Å². The Labute approximate surface area is 107 Å². The van der Waals surface area contributed by atoms with Crippen molar-refractivity contribution in [3.05, 3.63) is 30.1 Å². The molecule has 0 radical (unpaired) electrons. The third-order valence-corrected chi connectivity index (χ3v) is 3.85. The lowest BCUT2D eigenvalue weighted by atomic mass is 10.1. The predicted octanol–water partition coefficient (Wildman–Crippen LogP) is 1.75. The van der Waals surface area contributed by atoms with Gasteiger partial charge in [-0.1, -0.05) is 0 Å². The maximum absolute atomic E-state index is 4.34. The van der Waals surface area contributed by atoms with Crippen LogP contribution in [0.2, 0.25) is 0 Å². The molecule has 2 aromatic heterocycles. The average Bonchev–Trinajstić information content (AvgIpc) is 2.83. The molecule has 0 saturated carbocycles. The van der Waals surface area contributed by atoms with Crippen LogP contribution in [0.5, 0.6) is 0 Å². The van der Waals surface area contributed by atoms with E-state index < -0.39 is 0 Å². The molecular weight excluding hydrogens is 224 g/mol. The number of hydrogen-bond acceptors (Lipinski definition) is 3. The van der Waals surface area contributed by atoms with Gasteiger partial charge >= 0.3 is 0 Å². The van der Waals surface area contributed by atoms with Crippen LogP contribution in [-0.4, -0.2) is 41.0 Å². The molecule has 1 unspecified atom stereocenters. The number of aromatic nitrogens is 2.